The second kappa shape index (κ2) is 7.32. The minimum Gasteiger partial charge on any atom is -0.465 e. The lowest BCUT2D eigenvalue weighted by atomic mass is 9.90. The van der Waals surface area contributed by atoms with Gasteiger partial charge >= 0.3 is 5.97 Å². The fourth-order valence-corrected chi connectivity index (χ4v) is 2.82. The van der Waals surface area contributed by atoms with Crippen LogP contribution in [-0.4, -0.2) is 12.6 Å². The zero-order valence-corrected chi connectivity index (χ0v) is 12.3. The van der Waals surface area contributed by atoms with E-state index in [1.54, 1.807) is 0 Å². The molecule has 0 bridgehead atoms. The molecule has 3 heteroatoms. The summed E-state index contributed by atoms with van der Waals surface area (Å²) in [6.45, 7) is 2.65. The topological polar surface area (TPSA) is 52.3 Å². The highest BCUT2D eigenvalue weighted by Crippen LogP contribution is 2.25. The average Bonchev–Trinajstić information content (AvgIpc) is 2.47. The lowest BCUT2D eigenvalue weighted by Crippen LogP contribution is -2.17. The summed E-state index contributed by atoms with van der Waals surface area (Å²) in [5.74, 6) is 0.675. The summed E-state index contributed by atoms with van der Waals surface area (Å²) < 4.78 is 5.43. The lowest BCUT2D eigenvalue weighted by molar-refractivity contribution is -0.145. The Balaban J connectivity index is 1.74. The van der Waals surface area contributed by atoms with E-state index in [1.807, 2.05) is 31.2 Å². The zero-order valence-electron chi connectivity index (χ0n) is 12.3. The molecule has 1 aliphatic carbocycles. The van der Waals surface area contributed by atoms with Crippen LogP contribution in [0, 0.1) is 5.92 Å². The van der Waals surface area contributed by atoms with E-state index >= 15 is 0 Å². The molecule has 0 saturated heterocycles. The molecular formula is C17H25NO2. The Kier molecular flexibility index (Phi) is 5.45. The fourth-order valence-electron chi connectivity index (χ4n) is 2.82. The van der Waals surface area contributed by atoms with E-state index in [4.69, 9.17) is 10.5 Å². The van der Waals surface area contributed by atoms with Gasteiger partial charge in [-0.05, 0) is 42.4 Å². The van der Waals surface area contributed by atoms with Crippen LogP contribution in [0.25, 0.3) is 0 Å². The first-order valence-corrected chi connectivity index (χ1v) is 7.66. The van der Waals surface area contributed by atoms with Gasteiger partial charge in [0.2, 0.25) is 0 Å². The van der Waals surface area contributed by atoms with Gasteiger partial charge in [-0.3, -0.25) is 4.79 Å². The maximum Gasteiger partial charge on any atom is 0.306 e. The predicted molar refractivity (Wildman–Crippen MR) is 81.4 cm³/mol. The van der Waals surface area contributed by atoms with E-state index in [2.05, 4.69) is 0 Å². The van der Waals surface area contributed by atoms with Crippen LogP contribution in [0.2, 0.25) is 0 Å². The molecule has 1 aliphatic rings. The summed E-state index contributed by atoms with van der Waals surface area (Å²) in [5.41, 5.74) is 7.55. The maximum absolute atomic E-state index is 11.9. The van der Waals surface area contributed by atoms with Crippen LogP contribution in [0.4, 0.5) is 5.69 Å². The second-order valence-electron chi connectivity index (χ2n) is 5.96. The molecule has 0 aliphatic heterocycles. The first-order chi connectivity index (χ1) is 9.65. The number of carbonyl (C=O) groups excluding carboxylic acids is 1. The molecule has 1 aromatic carbocycles. The van der Waals surface area contributed by atoms with Crippen molar-refractivity contribution >= 4 is 11.7 Å². The molecular weight excluding hydrogens is 250 g/mol. The van der Waals surface area contributed by atoms with Crippen LogP contribution >= 0.6 is 0 Å². The maximum atomic E-state index is 11.9. The van der Waals surface area contributed by atoms with Crippen molar-refractivity contribution in [3.63, 3.8) is 0 Å². The zero-order chi connectivity index (χ0) is 14.4. The first kappa shape index (κ1) is 14.9. The van der Waals surface area contributed by atoms with Crippen molar-refractivity contribution in [2.45, 2.75) is 51.4 Å². The monoisotopic (exact) mass is 275 g/mol. The summed E-state index contributed by atoms with van der Waals surface area (Å²) in [6.07, 6.45) is 6.75. The van der Waals surface area contributed by atoms with Crippen LogP contribution in [0.3, 0.4) is 0 Å². The van der Waals surface area contributed by atoms with E-state index in [1.165, 1.54) is 32.1 Å². The number of hydrogen-bond donors (Lipinski definition) is 1. The Morgan fingerprint density at radius 1 is 1.25 bits per heavy atom. The number of ether oxygens (including phenoxy) is 1. The van der Waals surface area contributed by atoms with Crippen LogP contribution < -0.4 is 5.73 Å². The molecule has 1 atom stereocenters. The summed E-state index contributed by atoms with van der Waals surface area (Å²) >= 11 is 0. The van der Waals surface area contributed by atoms with E-state index < -0.39 is 0 Å². The van der Waals surface area contributed by atoms with Crippen molar-refractivity contribution in [1.82, 2.24) is 0 Å². The molecule has 1 saturated carbocycles. The highest BCUT2D eigenvalue weighted by atomic mass is 16.5. The van der Waals surface area contributed by atoms with Gasteiger partial charge in [0, 0.05) is 5.69 Å². The standard InChI is InChI=1S/C17H25NO2/c1-13(15-7-9-16(18)10-8-15)11-17(19)20-12-14-5-3-2-4-6-14/h7-10,13-14H,2-6,11-12,18H2,1H3. The number of anilines is 1. The largest absolute Gasteiger partial charge is 0.465 e. The van der Waals surface area contributed by atoms with Crippen LogP contribution in [0.5, 0.6) is 0 Å². The van der Waals surface area contributed by atoms with Gasteiger partial charge in [0.15, 0.2) is 0 Å². The third-order valence-electron chi connectivity index (χ3n) is 4.18. The Hall–Kier alpha value is -1.51. The van der Waals surface area contributed by atoms with Gasteiger partial charge < -0.3 is 10.5 Å². The molecule has 2 rings (SSSR count). The van der Waals surface area contributed by atoms with E-state index in [0.717, 1.165) is 11.3 Å². The van der Waals surface area contributed by atoms with Crippen molar-refractivity contribution in [2.24, 2.45) is 5.92 Å². The van der Waals surface area contributed by atoms with Gasteiger partial charge in [0.05, 0.1) is 13.0 Å². The molecule has 0 amide bonds. The Morgan fingerprint density at radius 2 is 1.90 bits per heavy atom. The van der Waals surface area contributed by atoms with Crippen molar-refractivity contribution < 1.29 is 9.53 Å². The molecule has 0 spiro atoms. The number of benzene rings is 1. The minimum absolute atomic E-state index is 0.0834. The molecule has 20 heavy (non-hydrogen) atoms. The number of nitrogens with two attached hydrogens (primary N) is 1. The van der Waals surface area contributed by atoms with Gasteiger partial charge in [0.25, 0.3) is 0 Å². The summed E-state index contributed by atoms with van der Waals surface area (Å²) in [5, 5.41) is 0. The molecule has 1 unspecified atom stereocenters. The number of rotatable bonds is 5. The molecule has 2 N–H and O–H groups in total. The summed E-state index contributed by atoms with van der Waals surface area (Å²) in [7, 11) is 0. The number of esters is 1. The first-order valence-electron chi connectivity index (χ1n) is 7.66. The van der Waals surface area contributed by atoms with Gasteiger partial charge in [-0.1, -0.05) is 38.3 Å². The van der Waals surface area contributed by atoms with Crippen molar-refractivity contribution in [1.29, 1.82) is 0 Å². The van der Waals surface area contributed by atoms with Crippen molar-refractivity contribution in [3.8, 4) is 0 Å². The van der Waals surface area contributed by atoms with Gasteiger partial charge in [-0.15, -0.1) is 0 Å². The second-order valence-corrected chi connectivity index (χ2v) is 5.96. The normalized spacial score (nSPS) is 17.6. The molecule has 0 heterocycles. The SMILES string of the molecule is CC(CC(=O)OCC1CCCCC1)c1ccc(N)cc1. The van der Waals surface area contributed by atoms with Crippen LogP contribution in [0.15, 0.2) is 24.3 Å². The molecule has 3 nitrogen and oxygen atoms in total. The summed E-state index contributed by atoms with van der Waals surface area (Å²) in [4.78, 5) is 11.9. The fraction of sp³-hybridized carbons (Fsp3) is 0.588. The van der Waals surface area contributed by atoms with Gasteiger partial charge in [-0.2, -0.15) is 0 Å². The molecule has 0 aromatic heterocycles. The highest BCUT2D eigenvalue weighted by Gasteiger charge is 2.17. The van der Waals surface area contributed by atoms with Gasteiger partial charge in [0.1, 0.15) is 0 Å². The van der Waals surface area contributed by atoms with Crippen molar-refractivity contribution in [3.05, 3.63) is 29.8 Å². The molecule has 0 radical (unpaired) electrons. The molecule has 1 fully saturated rings. The predicted octanol–water partition coefficient (Wildman–Crippen LogP) is 3.89. The third kappa shape index (κ3) is 4.55. The van der Waals surface area contributed by atoms with E-state index in [0.29, 0.717) is 18.9 Å². The van der Waals surface area contributed by atoms with Crippen LogP contribution in [-0.2, 0) is 9.53 Å². The minimum atomic E-state index is -0.0834. The Morgan fingerprint density at radius 3 is 2.55 bits per heavy atom. The Labute approximate surface area is 121 Å². The van der Waals surface area contributed by atoms with Gasteiger partial charge in [-0.25, -0.2) is 0 Å². The van der Waals surface area contributed by atoms with E-state index in [9.17, 15) is 4.79 Å². The quantitative estimate of drug-likeness (QED) is 0.655. The average molecular weight is 275 g/mol. The number of carbonyl (C=O) groups is 1. The smallest absolute Gasteiger partial charge is 0.306 e. The third-order valence-corrected chi connectivity index (χ3v) is 4.18. The molecule has 110 valence electrons. The number of hydrogen-bond acceptors (Lipinski definition) is 3. The summed E-state index contributed by atoms with van der Waals surface area (Å²) in [6, 6.07) is 7.71. The lowest BCUT2D eigenvalue weighted by Gasteiger charge is -2.21. The van der Waals surface area contributed by atoms with Crippen molar-refractivity contribution in [2.75, 3.05) is 12.3 Å². The Bertz CT molecular complexity index is 421. The van der Waals surface area contributed by atoms with E-state index in [-0.39, 0.29) is 11.9 Å². The van der Waals surface area contributed by atoms with Crippen LogP contribution in [0.1, 0.15) is 56.9 Å². The number of nitrogen functional groups attached to an aromatic ring is 1. The molecule has 1 aromatic rings. The highest BCUT2D eigenvalue weighted by molar-refractivity contribution is 5.70.